The van der Waals surface area contributed by atoms with Gasteiger partial charge in [-0.2, -0.15) is 11.3 Å². The highest BCUT2D eigenvalue weighted by Gasteiger charge is 2.39. The van der Waals surface area contributed by atoms with Gasteiger partial charge in [-0.05, 0) is 29.3 Å². The Hall–Kier alpha value is -2.23. The number of hydrogen-bond acceptors (Lipinski definition) is 7. The number of carbonyl (C=O) groups excluding carboxylic acids is 1. The molecule has 25 heavy (non-hydrogen) atoms. The number of aromatic nitrogens is 2. The second-order valence-corrected chi connectivity index (χ2v) is 6.64. The molecule has 1 aliphatic heterocycles. The molecule has 0 bridgehead atoms. The summed E-state index contributed by atoms with van der Waals surface area (Å²) in [6.45, 7) is 1.23. The second kappa shape index (κ2) is 7.34. The smallest absolute Gasteiger partial charge is 0.330 e. The summed E-state index contributed by atoms with van der Waals surface area (Å²) in [4.78, 5) is 37.7. The van der Waals surface area contributed by atoms with Crippen LogP contribution in [0.25, 0.3) is 0 Å². The van der Waals surface area contributed by atoms with E-state index in [2.05, 4.69) is 4.98 Å². The number of ether oxygens (including phenoxy) is 2. The first-order chi connectivity index (χ1) is 12.0. The third-order valence-electron chi connectivity index (χ3n) is 4.03. The molecule has 0 spiro atoms. The van der Waals surface area contributed by atoms with Crippen molar-refractivity contribution in [3.05, 3.63) is 55.0 Å². The van der Waals surface area contributed by atoms with Crippen molar-refractivity contribution >= 4 is 17.3 Å². The lowest BCUT2D eigenvalue weighted by Crippen LogP contribution is -2.33. The van der Waals surface area contributed by atoms with Crippen LogP contribution in [0.5, 0.6) is 0 Å². The molecule has 0 radical (unpaired) electrons. The van der Waals surface area contributed by atoms with Gasteiger partial charge in [0.05, 0.1) is 13.0 Å². The predicted octanol–water partition coefficient (Wildman–Crippen LogP) is 0.341. The number of nitrogens with one attached hydrogen (secondary N) is 1. The van der Waals surface area contributed by atoms with Gasteiger partial charge in [0.15, 0.2) is 0 Å². The van der Waals surface area contributed by atoms with Crippen molar-refractivity contribution in [3.63, 3.8) is 0 Å². The van der Waals surface area contributed by atoms with E-state index in [1.807, 2.05) is 16.8 Å². The average Bonchev–Trinajstić information content (AvgIpc) is 3.20. The zero-order valence-electron chi connectivity index (χ0n) is 13.5. The van der Waals surface area contributed by atoms with Gasteiger partial charge in [0.1, 0.15) is 18.4 Å². The Bertz CT molecular complexity index is 856. The van der Waals surface area contributed by atoms with Crippen LogP contribution in [0, 0.1) is 6.92 Å². The van der Waals surface area contributed by atoms with Gasteiger partial charge >= 0.3 is 11.7 Å². The molecule has 2 N–H and O–H groups in total. The number of nitrogens with zero attached hydrogens (tertiary/aromatic N) is 1. The van der Waals surface area contributed by atoms with Crippen LogP contribution in [-0.2, 0) is 20.7 Å². The van der Waals surface area contributed by atoms with Crippen LogP contribution < -0.4 is 11.2 Å². The van der Waals surface area contributed by atoms with Gasteiger partial charge in [-0.1, -0.05) is 0 Å². The Kier molecular flexibility index (Phi) is 5.16. The number of aryl methyl sites for hydroxylation is 1. The first-order valence-electron chi connectivity index (χ1n) is 7.77. The maximum absolute atomic E-state index is 12.1. The lowest BCUT2D eigenvalue weighted by atomic mass is 10.1. The van der Waals surface area contributed by atoms with E-state index in [1.54, 1.807) is 6.92 Å². The van der Waals surface area contributed by atoms with Crippen molar-refractivity contribution < 1.29 is 19.4 Å². The Morgan fingerprint density at radius 2 is 2.32 bits per heavy atom. The molecule has 1 aliphatic rings. The number of carbonyl (C=O) groups is 1. The molecule has 0 aromatic carbocycles. The third kappa shape index (κ3) is 3.89. The number of H-pyrrole nitrogens is 1. The maximum atomic E-state index is 12.1. The molecule has 8 nitrogen and oxygen atoms in total. The number of esters is 1. The van der Waals surface area contributed by atoms with Crippen molar-refractivity contribution in [2.75, 3.05) is 6.61 Å². The molecule has 3 rings (SSSR count). The van der Waals surface area contributed by atoms with Gasteiger partial charge < -0.3 is 14.6 Å². The normalized spacial score (nSPS) is 22.9. The second-order valence-electron chi connectivity index (χ2n) is 5.86. The van der Waals surface area contributed by atoms with Crippen LogP contribution in [0.1, 0.15) is 23.8 Å². The molecule has 1 fully saturated rings. The van der Waals surface area contributed by atoms with Crippen LogP contribution in [0.3, 0.4) is 0 Å². The molecule has 134 valence electrons. The minimum absolute atomic E-state index is 0.139. The highest BCUT2D eigenvalue weighted by Crippen LogP contribution is 2.30. The van der Waals surface area contributed by atoms with Gasteiger partial charge in [-0.25, -0.2) is 4.79 Å². The quantitative estimate of drug-likeness (QED) is 0.739. The number of aliphatic hydroxyl groups is 1. The molecule has 3 heterocycles. The third-order valence-corrected chi connectivity index (χ3v) is 4.76. The fraction of sp³-hybridized carbons (Fsp3) is 0.438. The van der Waals surface area contributed by atoms with E-state index in [0.717, 1.165) is 5.56 Å². The lowest BCUT2D eigenvalue weighted by molar-refractivity contribution is -0.152. The fourth-order valence-electron chi connectivity index (χ4n) is 2.73. The molecule has 0 amide bonds. The first-order valence-corrected chi connectivity index (χ1v) is 8.71. The molecule has 2 aromatic heterocycles. The van der Waals surface area contributed by atoms with Crippen molar-refractivity contribution in [2.24, 2.45) is 0 Å². The summed E-state index contributed by atoms with van der Waals surface area (Å²) in [5.41, 5.74) is 0.152. The molecule has 0 saturated carbocycles. The summed E-state index contributed by atoms with van der Waals surface area (Å²) in [6, 6.07) is 1.84. The molecule has 0 aliphatic carbocycles. The zero-order valence-corrected chi connectivity index (χ0v) is 14.3. The number of rotatable bonds is 5. The van der Waals surface area contributed by atoms with E-state index in [1.165, 1.54) is 22.1 Å². The summed E-state index contributed by atoms with van der Waals surface area (Å²) in [7, 11) is 0. The molecular weight excluding hydrogens is 348 g/mol. The van der Waals surface area contributed by atoms with Crippen LogP contribution in [0.4, 0.5) is 0 Å². The van der Waals surface area contributed by atoms with E-state index in [0.29, 0.717) is 5.56 Å². The average molecular weight is 366 g/mol. The summed E-state index contributed by atoms with van der Waals surface area (Å²) in [6.07, 6.45) is -0.363. The minimum Gasteiger partial charge on any atom is -0.459 e. The first kappa shape index (κ1) is 17.6. The predicted molar refractivity (Wildman–Crippen MR) is 89.6 cm³/mol. The molecule has 3 atom stereocenters. The Labute approximate surface area is 146 Å². The molecule has 1 saturated heterocycles. The topological polar surface area (TPSA) is 111 Å². The Balaban J connectivity index is 1.72. The van der Waals surface area contributed by atoms with E-state index in [4.69, 9.17) is 9.47 Å². The van der Waals surface area contributed by atoms with Crippen molar-refractivity contribution in [1.29, 1.82) is 0 Å². The molecule has 0 unspecified atom stereocenters. The zero-order chi connectivity index (χ0) is 18.0. The molecule has 9 heteroatoms. The fourth-order valence-corrected chi connectivity index (χ4v) is 3.40. The largest absolute Gasteiger partial charge is 0.459 e. The monoisotopic (exact) mass is 366 g/mol. The molecule has 2 aromatic rings. The standard InChI is InChI=1S/C16H18N2O6S/c1-9-6-18(16(22)17-15(9)21)13-5-11(12(7-19)23-13)24-14(20)4-10-2-3-25-8-10/h2-3,6,8,11-13,19H,4-5,7H2,1H3,(H,17,21,22)/t11-,12+,13+/m0/s1. The Morgan fingerprint density at radius 1 is 1.52 bits per heavy atom. The van der Waals surface area contributed by atoms with E-state index >= 15 is 0 Å². The Morgan fingerprint density at radius 3 is 3.00 bits per heavy atom. The maximum Gasteiger partial charge on any atom is 0.330 e. The summed E-state index contributed by atoms with van der Waals surface area (Å²) < 4.78 is 12.3. The van der Waals surface area contributed by atoms with Gasteiger partial charge in [0, 0.05) is 18.2 Å². The minimum atomic E-state index is -0.726. The van der Waals surface area contributed by atoms with Crippen LogP contribution in [0.15, 0.2) is 32.6 Å². The lowest BCUT2D eigenvalue weighted by Gasteiger charge is -2.16. The van der Waals surface area contributed by atoms with Crippen LogP contribution in [0.2, 0.25) is 0 Å². The van der Waals surface area contributed by atoms with E-state index in [9.17, 15) is 19.5 Å². The van der Waals surface area contributed by atoms with Gasteiger partial charge in [0.25, 0.3) is 5.56 Å². The van der Waals surface area contributed by atoms with Crippen molar-refractivity contribution in [2.45, 2.75) is 38.2 Å². The van der Waals surface area contributed by atoms with E-state index < -0.39 is 35.7 Å². The van der Waals surface area contributed by atoms with Gasteiger partial charge in [-0.15, -0.1) is 0 Å². The van der Waals surface area contributed by atoms with Gasteiger partial charge in [-0.3, -0.25) is 19.1 Å². The summed E-state index contributed by atoms with van der Waals surface area (Å²) >= 11 is 1.49. The number of aliphatic hydroxyl groups excluding tert-OH is 1. The van der Waals surface area contributed by atoms with E-state index in [-0.39, 0.29) is 19.4 Å². The SMILES string of the molecule is Cc1cn([C@H]2C[C@H](OC(=O)Cc3ccsc3)[C@@H](CO)O2)c(=O)[nH]c1=O. The van der Waals surface area contributed by atoms with Crippen molar-refractivity contribution in [3.8, 4) is 0 Å². The van der Waals surface area contributed by atoms with Crippen LogP contribution in [-0.4, -0.2) is 39.4 Å². The highest BCUT2D eigenvalue weighted by atomic mass is 32.1. The van der Waals surface area contributed by atoms with Crippen molar-refractivity contribution in [1.82, 2.24) is 9.55 Å². The number of aromatic amines is 1. The molecular formula is C16H18N2O6S. The van der Waals surface area contributed by atoms with Gasteiger partial charge in [0.2, 0.25) is 0 Å². The highest BCUT2D eigenvalue weighted by molar-refractivity contribution is 7.07. The summed E-state index contributed by atoms with van der Waals surface area (Å²) in [5.74, 6) is -0.420. The van der Waals surface area contributed by atoms with Crippen LogP contribution >= 0.6 is 11.3 Å². The number of hydrogen-bond donors (Lipinski definition) is 2. The number of thiophene rings is 1. The summed E-state index contributed by atoms with van der Waals surface area (Å²) in [5, 5.41) is 13.2.